The number of imidazole rings is 2. The fourth-order valence-electron chi connectivity index (χ4n) is 6.88. The molecule has 0 aliphatic rings. The van der Waals surface area contributed by atoms with Crippen LogP contribution in [0.5, 0.6) is 5.75 Å². The lowest BCUT2D eigenvalue weighted by molar-refractivity contribution is 0.308. The van der Waals surface area contributed by atoms with Crippen LogP contribution in [0, 0.1) is 13.7 Å². The van der Waals surface area contributed by atoms with Crippen molar-refractivity contribution in [3.05, 3.63) is 144 Å². The predicted molar refractivity (Wildman–Crippen MR) is 209 cm³/mol. The molecule has 4 heterocycles. The van der Waals surface area contributed by atoms with Gasteiger partial charge in [0.05, 0.1) is 28.0 Å². The van der Waals surface area contributed by atoms with E-state index < -0.39 is 13.7 Å². The molecule has 254 valence electrons. The topological polar surface area (TPSA) is 81.4 Å². The zero-order chi connectivity index (χ0) is 40.7. The summed E-state index contributed by atoms with van der Waals surface area (Å²) >= 11 is 0. The molecule has 0 radical (unpaired) electrons. The van der Waals surface area contributed by atoms with Crippen molar-refractivity contribution < 1.29 is 17.9 Å². The van der Waals surface area contributed by atoms with Crippen LogP contribution in [-0.4, -0.2) is 29.2 Å². The summed E-state index contributed by atoms with van der Waals surface area (Å²) in [6, 6.07) is 36.3. The van der Waals surface area contributed by atoms with Crippen LogP contribution in [0.2, 0.25) is 0 Å². The number of rotatable bonds is 5. The number of aryl methyl sites for hydroxylation is 2. The van der Waals surface area contributed by atoms with E-state index in [2.05, 4.69) is 25.8 Å². The van der Waals surface area contributed by atoms with E-state index in [0.29, 0.717) is 56.0 Å². The molecule has 9 aromatic rings. The molecule has 9 rings (SSSR count). The van der Waals surface area contributed by atoms with Gasteiger partial charge in [-0.25, -0.2) is 9.97 Å². The number of aromatic nitrogens is 5. The van der Waals surface area contributed by atoms with Crippen LogP contribution in [0.1, 0.15) is 45.9 Å². The smallest absolute Gasteiger partial charge is 0.173 e. The van der Waals surface area contributed by atoms with Crippen LogP contribution < -0.4 is 0 Å². The number of phenolic OH excluding ortho intramolecular Hbond substituents is 1. The summed E-state index contributed by atoms with van der Waals surface area (Å²) in [5, 5.41) is 11.7. The van der Waals surface area contributed by atoms with E-state index in [1.54, 1.807) is 76.0 Å². The van der Waals surface area contributed by atoms with Crippen molar-refractivity contribution in [2.24, 2.45) is 0 Å². The minimum atomic E-state index is -2.46. The van der Waals surface area contributed by atoms with Crippen LogP contribution >= 0.6 is 0 Å². The minimum absolute atomic E-state index is 0.0817. The number of fused-ring (bicyclic) bond motifs is 4. The van der Waals surface area contributed by atoms with Gasteiger partial charge < -0.3 is 9.63 Å². The second kappa shape index (κ2) is 11.8. The second-order valence-electron chi connectivity index (χ2n) is 14.0. The molecule has 0 spiro atoms. The lowest BCUT2D eigenvalue weighted by atomic mass is 9.94. The highest BCUT2D eigenvalue weighted by atomic mass is 16.5. The van der Waals surface area contributed by atoms with Gasteiger partial charge in [-0.1, -0.05) is 93.6 Å². The molecule has 7 nitrogen and oxygen atoms in total. The van der Waals surface area contributed by atoms with Crippen LogP contribution in [0.3, 0.4) is 0 Å². The van der Waals surface area contributed by atoms with Crippen molar-refractivity contribution in [2.45, 2.75) is 39.9 Å². The summed E-state index contributed by atoms with van der Waals surface area (Å²) in [5.74, 6) is 0.971. The number of phenols is 1. The van der Waals surface area contributed by atoms with Crippen molar-refractivity contribution in [3.8, 4) is 56.3 Å². The van der Waals surface area contributed by atoms with Crippen molar-refractivity contribution in [3.63, 3.8) is 0 Å². The zero-order valence-corrected chi connectivity index (χ0v) is 28.7. The molecule has 1 N–H and O–H groups in total. The molecule has 0 saturated heterocycles. The number of aromatic hydroxyl groups is 1. The molecular formula is C45H37N5O2. The van der Waals surface area contributed by atoms with Gasteiger partial charge >= 0.3 is 0 Å². The van der Waals surface area contributed by atoms with Gasteiger partial charge in [-0.2, -0.15) is 4.57 Å². The quantitative estimate of drug-likeness (QED) is 0.195. The summed E-state index contributed by atoms with van der Waals surface area (Å²) < 4.78 is 59.4. The van der Waals surface area contributed by atoms with E-state index in [9.17, 15) is 5.11 Å². The number of hydrogen-bond donors (Lipinski definition) is 1. The Morgan fingerprint density at radius 2 is 1.42 bits per heavy atom. The summed E-state index contributed by atoms with van der Waals surface area (Å²) in [6.07, 6.45) is 1.67. The van der Waals surface area contributed by atoms with E-state index in [1.165, 1.54) is 0 Å². The summed E-state index contributed by atoms with van der Waals surface area (Å²) in [6.45, 7) is 1.41. The molecule has 0 aliphatic heterocycles. The van der Waals surface area contributed by atoms with E-state index in [4.69, 9.17) is 22.7 Å². The Hall–Kier alpha value is -6.47. The number of hydrogen-bond acceptors (Lipinski definition) is 5. The maximum atomic E-state index is 11.7. The van der Waals surface area contributed by atoms with Gasteiger partial charge in [0.15, 0.2) is 11.5 Å². The van der Waals surface area contributed by atoms with E-state index >= 15 is 0 Å². The highest BCUT2D eigenvalue weighted by Gasteiger charge is 2.27. The van der Waals surface area contributed by atoms with Gasteiger partial charge in [-0.15, -0.1) is 0 Å². The highest BCUT2D eigenvalue weighted by molar-refractivity contribution is 6.01. The first-order valence-electron chi connectivity index (χ1n) is 20.0. The molecule has 0 bridgehead atoms. The fraction of sp³-hybridized carbons (Fsp3) is 0.133. The van der Waals surface area contributed by atoms with Crippen molar-refractivity contribution in [1.29, 1.82) is 0 Å². The number of pyridine rings is 1. The lowest BCUT2D eigenvalue weighted by Crippen LogP contribution is -2.09. The first-order valence-corrected chi connectivity index (χ1v) is 17.0. The maximum absolute atomic E-state index is 11.7. The Kier molecular flexibility index (Phi) is 5.79. The number of para-hydroxylation sites is 2. The van der Waals surface area contributed by atoms with Crippen LogP contribution in [0.25, 0.3) is 78.3 Å². The largest absolute Gasteiger partial charge is 0.507 e. The van der Waals surface area contributed by atoms with Gasteiger partial charge in [0.25, 0.3) is 0 Å². The normalized spacial score (nSPS) is 14.2. The van der Waals surface area contributed by atoms with Gasteiger partial charge in [-0.3, -0.25) is 9.55 Å². The van der Waals surface area contributed by atoms with E-state index in [-0.39, 0.29) is 22.3 Å². The monoisotopic (exact) mass is 685 g/mol. The van der Waals surface area contributed by atoms with Crippen molar-refractivity contribution in [2.75, 3.05) is 0 Å². The fourth-order valence-corrected chi connectivity index (χ4v) is 6.88. The molecule has 0 atom stereocenters. The average molecular weight is 686 g/mol. The Bertz CT molecular complexity index is 3060. The Balaban J connectivity index is 1.26. The minimum Gasteiger partial charge on any atom is -0.507 e. The van der Waals surface area contributed by atoms with Crippen LogP contribution in [0.15, 0.2) is 132 Å². The molecule has 0 fully saturated rings. The SMILES string of the molecule is [2H]C([2H])([2H])c1ccccc1-c1ccnc(-c2cccc(-c3cccc4c3nc(-c3c(O)ccc5c3nc3cc(C(C)(C)C)on35)n4-c3ccccc3C([2H])([2H])[2H])c2)c1. The molecule has 0 aliphatic carbocycles. The van der Waals surface area contributed by atoms with Gasteiger partial charge in [-0.05, 0) is 84.0 Å². The van der Waals surface area contributed by atoms with Crippen molar-refractivity contribution in [1.82, 2.24) is 24.1 Å². The number of benzene rings is 5. The Morgan fingerprint density at radius 3 is 2.27 bits per heavy atom. The van der Waals surface area contributed by atoms with Crippen molar-refractivity contribution >= 4 is 27.7 Å². The summed E-state index contributed by atoms with van der Waals surface area (Å²) in [5.41, 5.74) is 8.00. The Labute approximate surface area is 309 Å². The maximum Gasteiger partial charge on any atom is 0.173 e. The highest BCUT2D eigenvalue weighted by Crippen LogP contribution is 2.42. The second-order valence-corrected chi connectivity index (χ2v) is 14.0. The van der Waals surface area contributed by atoms with E-state index in [1.807, 2.05) is 60.7 Å². The third-order valence-electron chi connectivity index (χ3n) is 9.50. The first kappa shape index (κ1) is 25.5. The molecule has 5 aromatic carbocycles. The lowest BCUT2D eigenvalue weighted by Gasteiger charge is -2.14. The molecular weight excluding hydrogens is 643 g/mol. The molecule has 52 heavy (non-hydrogen) atoms. The molecule has 4 aromatic heterocycles. The Morgan fingerprint density at radius 1 is 0.673 bits per heavy atom. The van der Waals surface area contributed by atoms with Gasteiger partial charge in [0.1, 0.15) is 22.5 Å². The molecule has 0 amide bonds. The molecule has 7 heteroatoms. The predicted octanol–water partition coefficient (Wildman–Crippen LogP) is 11.1. The average Bonchev–Trinajstić information content (AvgIpc) is 3.89. The van der Waals surface area contributed by atoms with E-state index in [0.717, 1.165) is 28.0 Å². The summed E-state index contributed by atoms with van der Waals surface area (Å²) in [4.78, 5) is 14.9. The standard InChI is InChI=1S/C45H37N5O2/c1-27-12-6-8-16-32(27)30-22-23-46-34(25-30)31-15-10-14-29(24-31)33-17-11-19-36-42(33)48-44(49(36)35-18-9-7-13-28(35)2)41-38(51)21-20-37-43(41)47-40-26-39(45(3,4)5)52-50(37)40/h6-26,51H,1-5H3/i1D3,2D3. The third kappa shape index (κ3) is 5.08. The molecule has 0 unspecified atom stereocenters. The molecule has 0 saturated carbocycles. The zero-order valence-electron chi connectivity index (χ0n) is 34.7. The summed E-state index contributed by atoms with van der Waals surface area (Å²) in [7, 11) is 0. The van der Waals surface area contributed by atoms with Crippen LogP contribution in [-0.2, 0) is 5.41 Å². The third-order valence-corrected chi connectivity index (χ3v) is 9.50. The number of nitrogens with zero attached hydrogens (tertiary/aromatic N) is 5. The first-order chi connectivity index (χ1) is 27.6. The van der Waals surface area contributed by atoms with Crippen LogP contribution in [0.4, 0.5) is 0 Å². The van der Waals surface area contributed by atoms with Gasteiger partial charge in [0.2, 0.25) is 0 Å². The van der Waals surface area contributed by atoms with Gasteiger partial charge in [0, 0.05) is 37.0 Å².